The maximum atomic E-state index is 12.5. The Morgan fingerprint density at radius 3 is 2.59 bits per heavy atom. The Balaban J connectivity index is 1.39. The summed E-state index contributed by atoms with van der Waals surface area (Å²) in [6.07, 6.45) is 3.27. The zero-order valence-corrected chi connectivity index (χ0v) is 15.0. The molecule has 3 aromatic rings. The molecule has 136 valence electrons. The van der Waals surface area contributed by atoms with Gasteiger partial charge in [-0.05, 0) is 29.0 Å². The van der Waals surface area contributed by atoms with E-state index in [0.29, 0.717) is 25.2 Å². The fourth-order valence-corrected chi connectivity index (χ4v) is 3.42. The van der Waals surface area contributed by atoms with Crippen LogP contribution in [0.1, 0.15) is 34.5 Å². The maximum absolute atomic E-state index is 12.5. The minimum atomic E-state index is -0.182. The van der Waals surface area contributed by atoms with Crippen molar-refractivity contribution in [2.75, 3.05) is 6.54 Å². The van der Waals surface area contributed by atoms with E-state index in [4.69, 9.17) is 0 Å². The number of likely N-dealkylation sites (tertiary alicyclic amines) is 1. The van der Waals surface area contributed by atoms with Crippen molar-refractivity contribution in [3.05, 3.63) is 77.6 Å². The van der Waals surface area contributed by atoms with Gasteiger partial charge in [0.25, 0.3) is 5.91 Å². The number of nitrogens with one attached hydrogen (secondary N) is 1. The molecule has 1 aromatic heterocycles. The highest BCUT2D eigenvalue weighted by molar-refractivity contribution is 6.05. The second kappa shape index (κ2) is 7.58. The highest BCUT2D eigenvalue weighted by Gasteiger charge is 2.19. The number of nitrogens with zero attached hydrogens (tertiary/aromatic N) is 2. The standard InChI is InChI=1S/C22H21N3O2/c26-20-6-3-13-25(20)15-17-9-7-16(8-10-17)14-24-22(27)21-19-5-2-1-4-18(19)11-12-23-21/h1-2,4-5,7-12H,3,6,13-15H2,(H,24,27). The Kier molecular flexibility index (Phi) is 4.83. The molecule has 1 saturated heterocycles. The van der Waals surface area contributed by atoms with Gasteiger partial charge >= 0.3 is 0 Å². The van der Waals surface area contributed by atoms with Crippen LogP contribution in [0, 0.1) is 0 Å². The van der Waals surface area contributed by atoms with Gasteiger partial charge in [-0.3, -0.25) is 14.6 Å². The van der Waals surface area contributed by atoms with Gasteiger partial charge in [0.15, 0.2) is 0 Å². The van der Waals surface area contributed by atoms with Crippen molar-refractivity contribution in [2.45, 2.75) is 25.9 Å². The molecule has 1 aliphatic rings. The van der Waals surface area contributed by atoms with Crippen LogP contribution in [0.3, 0.4) is 0 Å². The van der Waals surface area contributed by atoms with E-state index < -0.39 is 0 Å². The van der Waals surface area contributed by atoms with Crippen LogP contribution in [0.4, 0.5) is 0 Å². The summed E-state index contributed by atoms with van der Waals surface area (Å²) in [5.41, 5.74) is 2.56. The molecule has 0 atom stereocenters. The van der Waals surface area contributed by atoms with E-state index in [2.05, 4.69) is 10.3 Å². The van der Waals surface area contributed by atoms with Gasteiger partial charge in [-0.1, -0.05) is 48.5 Å². The first-order valence-electron chi connectivity index (χ1n) is 9.18. The van der Waals surface area contributed by atoms with Crippen molar-refractivity contribution in [1.82, 2.24) is 15.2 Å². The Morgan fingerprint density at radius 1 is 1.04 bits per heavy atom. The average Bonchev–Trinajstić information content (AvgIpc) is 3.11. The molecule has 5 nitrogen and oxygen atoms in total. The van der Waals surface area contributed by atoms with E-state index in [1.165, 1.54) is 0 Å². The number of aromatic nitrogens is 1. The lowest BCUT2D eigenvalue weighted by atomic mass is 10.1. The first-order chi connectivity index (χ1) is 13.2. The van der Waals surface area contributed by atoms with Crippen molar-refractivity contribution in [3.8, 4) is 0 Å². The van der Waals surface area contributed by atoms with Gasteiger partial charge in [-0.2, -0.15) is 0 Å². The predicted octanol–water partition coefficient (Wildman–Crippen LogP) is 3.29. The molecular formula is C22H21N3O2. The molecule has 1 aliphatic heterocycles. The fourth-order valence-electron chi connectivity index (χ4n) is 3.42. The number of carbonyl (C=O) groups is 2. The monoisotopic (exact) mass is 359 g/mol. The molecule has 0 spiro atoms. The van der Waals surface area contributed by atoms with Gasteiger partial charge in [0.2, 0.25) is 5.91 Å². The summed E-state index contributed by atoms with van der Waals surface area (Å²) in [6.45, 7) is 1.94. The molecule has 0 saturated carbocycles. The van der Waals surface area contributed by atoms with Crippen molar-refractivity contribution < 1.29 is 9.59 Å². The Hall–Kier alpha value is -3.21. The molecule has 27 heavy (non-hydrogen) atoms. The molecule has 2 aromatic carbocycles. The maximum Gasteiger partial charge on any atom is 0.270 e. The van der Waals surface area contributed by atoms with E-state index in [9.17, 15) is 9.59 Å². The molecule has 0 aliphatic carbocycles. The first kappa shape index (κ1) is 17.2. The molecule has 0 unspecified atom stereocenters. The summed E-state index contributed by atoms with van der Waals surface area (Å²) in [5.74, 6) is 0.0486. The number of benzene rings is 2. The van der Waals surface area contributed by atoms with Gasteiger partial charge in [-0.25, -0.2) is 0 Å². The van der Waals surface area contributed by atoms with Crippen LogP contribution < -0.4 is 5.32 Å². The second-order valence-electron chi connectivity index (χ2n) is 6.80. The van der Waals surface area contributed by atoms with Crippen LogP contribution in [-0.4, -0.2) is 28.2 Å². The second-order valence-corrected chi connectivity index (χ2v) is 6.80. The number of hydrogen-bond acceptors (Lipinski definition) is 3. The normalized spacial score (nSPS) is 13.9. The molecule has 1 fully saturated rings. The molecule has 2 heterocycles. The summed E-state index contributed by atoms with van der Waals surface area (Å²) in [6, 6.07) is 17.6. The Labute approximate surface area is 158 Å². The van der Waals surface area contributed by atoms with E-state index in [1.54, 1.807) is 6.20 Å². The minimum absolute atomic E-state index is 0.182. The zero-order chi connectivity index (χ0) is 18.6. The molecule has 1 N–H and O–H groups in total. The first-order valence-corrected chi connectivity index (χ1v) is 9.18. The summed E-state index contributed by atoms with van der Waals surface area (Å²) in [7, 11) is 0. The lowest BCUT2D eigenvalue weighted by molar-refractivity contribution is -0.128. The van der Waals surface area contributed by atoms with Crippen molar-refractivity contribution >= 4 is 22.6 Å². The number of hydrogen-bond donors (Lipinski definition) is 1. The van der Waals surface area contributed by atoms with Gasteiger partial charge in [0, 0.05) is 37.6 Å². The lowest BCUT2D eigenvalue weighted by Gasteiger charge is -2.15. The number of pyridine rings is 1. The van der Waals surface area contributed by atoms with E-state index in [-0.39, 0.29) is 11.8 Å². The smallest absolute Gasteiger partial charge is 0.270 e. The van der Waals surface area contributed by atoms with Crippen LogP contribution in [0.5, 0.6) is 0 Å². The number of amides is 2. The molecule has 0 radical (unpaired) electrons. The third-order valence-electron chi connectivity index (χ3n) is 4.91. The minimum Gasteiger partial charge on any atom is -0.347 e. The SMILES string of the molecule is O=C(NCc1ccc(CN2CCCC2=O)cc1)c1nccc2ccccc12. The molecule has 2 amide bonds. The van der Waals surface area contributed by atoms with Crippen molar-refractivity contribution in [3.63, 3.8) is 0 Å². The van der Waals surface area contributed by atoms with Gasteiger partial charge in [-0.15, -0.1) is 0 Å². The largest absolute Gasteiger partial charge is 0.347 e. The quantitative estimate of drug-likeness (QED) is 0.760. The number of carbonyl (C=O) groups excluding carboxylic acids is 2. The highest BCUT2D eigenvalue weighted by Crippen LogP contribution is 2.17. The van der Waals surface area contributed by atoms with E-state index in [1.807, 2.05) is 59.5 Å². The summed E-state index contributed by atoms with van der Waals surface area (Å²) in [4.78, 5) is 30.4. The van der Waals surface area contributed by atoms with Crippen molar-refractivity contribution in [2.24, 2.45) is 0 Å². The van der Waals surface area contributed by atoms with Gasteiger partial charge in [0.05, 0.1) is 0 Å². The van der Waals surface area contributed by atoms with E-state index in [0.717, 1.165) is 34.9 Å². The Bertz CT molecular complexity index is 977. The third kappa shape index (κ3) is 3.82. The molecule has 5 heteroatoms. The highest BCUT2D eigenvalue weighted by atomic mass is 16.2. The summed E-state index contributed by atoms with van der Waals surface area (Å²) >= 11 is 0. The van der Waals surface area contributed by atoms with Crippen LogP contribution in [0.2, 0.25) is 0 Å². The number of rotatable bonds is 5. The molecular weight excluding hydrogens is 338 g/mol. The Morgan fingerprint density at radius 2 is 1.81 bits per heavy atom. The summed E-state index contributed by atoms with van der Waals surface area (Å²) in [5, 5.41) is 4.79. The zero-order valence-electron chi connectivity index (χ0n) is 15.0. The predicted molar refractivity (Wildman–Crippen MR) is 104 cm³/mol. The van der Waals surface area contributed by atoms with Gasteiger partial charge in [0.1, 0.15) is 5.69 Å². The summed E-state index contributed by atoms with van der Waals surface area (Å²) < 4.78 is 0. The van der Waals surface area contributed by atoms with Crippen molar-refractivity contribution in [1.29, 1.82) is 0 Å². The van der Waals surface area contributed by atoms with Gasteiger partial charge < -0.3 is 10.2 Å². The topological polar surface area (TPSA) is 62.3 Å². The van der Waals surface area contributed by atoms with Crippen LogP contribution >= 0.6 is 0 Å². The van der Waals surface area contributed by atoms with Crippen LogP contribution in [-0.2, 0) is 17.9 Å². The lowest BCUT2D eigenvalue weighted by Crippen LogP contribution is -2.24. The van der Waals surface area contributed by atoms with Crippen LogP contribution in [0.25, 0.3) is 10.8 Å². The molecule has 4 rings (SSSR count). The fraction of sp³-hybridized carbons (Fsp3) is 0.227. The third-order valence-corrected chi connectivity index (χ3v) is 4.91. The average molecular weight is 359 g/mol. The van der Waals surface area contributed by atoms with E-state index >= 15 is 0 Å². The molecule has 0 bridgehead atoms. The van der Waals surface area contributed by atoms with Crippen LogP contribution in [0.15, 0.2) is 60.8 Å². The number of fused-ring (bicyclic) bond motifs is 1.